The monoisotopic (exact) mass is 923 g/mol. The smallest absolute Gasteiger partial charge is 0.448 e. The molecule has 9 fully saturated rings. The van der Waals surface area contributed by atoms with Crippen molar-refractivity contribution in [1.82, 2.24) is 35.6 Å². The third-order valence-electron chi connectivity index (χ3n) is 11.3. The lowest BCUT2D eigenvalue weighted by atomic mass is 10.4. The van der Waals surface area contributed by atoms with Gasteiger partial charge in [0, 0.05) is 116 Å². The molecule has 9 aliphatic heterocycles. The van der Waals surface area contributed by atoms with Gasteiger partial charge in [0.1, 0.15) is 19.8 Å². The van der Waals surface area contributed by atoms with E-state index in [4.69, 9.17) is 54.0 Å². The van der Waals surface area contributed by atoms with Crippen molar-refractivity contribution in [2.75, 3.05) is 177 Å². The molecule has 9 saturated heterocycles. The van der Waals surface area contributed by atoms with Crippen LogP contribution < -0.4 is 16.0 Å². The molecular weight excluding hydrogens is 855 g/mol. The number of hydrogen-bond acceptors (Lipinski definition) is 19. The number of carbonyl (C=O) groups excluding carboxylic acids is 3. The van der Waals surface area contributed by atoms with E-state index in [-0.39, 0.29) is 19.8 Å². The van der Waals surface area contributed by atoms with E-state index in [1.54, 1.807) is 0 Å². The van der Waals surface area contributed by atoms with Crippen LogP contribution in [0.5, 0.6) is 0 Å². The molecule has 61 heavy (non-hydrogen) atoms. The average Bonchev–Trinajstić information content (AvgIpc) is 3.17. The number of nitrogens with zero attached hydrogens (tertiary/aromatic N) is 4. The summed E-state index contributed by atoms with van der Waals surface area (Å²) in [6.07, 6.45) is 0.243. The number of fused-ring (bicyclic) bond motifs is 18. The molecule has 6 bridgehead atoms. The van der Waals surface area contributed by atoms with Crippen molar-refractivity contribution >= 4 is 44.7 Å². The fourth-order valence-electron chi connectivity index (χ4n) is 7.78. The van der Waals surface area contributed by atoms with Gasteiger partial charge < -0.3 is 70.0 Å². The average molecular weight is 924 g/mol. The molecule has 9 aliphatic rings. The molecule has 9 rings (SSSR count). The van der Waals surface area contributed by atoms with Gasteiger partial charge in [-0.05, 0) is 19.3 Å². The first kappa shape index (κ1) is 48.4. The maximum Gasteiger partial charge on any atom is 0.501 e. The summed E-state index contributed by atoms with van der Waals surface area (Å²) in [4.78, 5) is 46.5. The fourth-order valence-corrected chi connectivity index (χ4v) is 15.3. The van der Waals surface area contributed by atoms with Crippen LogP contribution in [0.2, 0.25) is 18.1 Å². The molecule has 9 heterocycles. The van der Waals surface area contributed by atoms with E-state index >= 15 is 0 Å². The lowest BCUT2D eigenvalue weighted by molar-refractivity contribution is -0.00898. The molecule has 0 aromatic rings. The van der Waals surface area contributed by atoms with Gasteiger partial charge in [0.2, 0.25) is 0 Å². The van der Waals surface area contributed by atoms with Gasteiger partial charge in [-0.25, -0.2) is 14.4 Å². The summed E-state index contributed by atoms with van der Waals surface area (Å²) in [5, 5.41) is 8.40. The second-order valence-corrected chi connectivity index (χ2v) is 23.7. The highest BCUT2D eigenvalue weighted by Gasteiger charge is 2.45. The highest BCUT2D eigenvalue weighted by Crippen LogP contribution is 2.24. The van der Waals surface area contributed by atoms with Gasteiger partial charge in [0.15, 0.2) is 0 Å². The van der Waals surface area contributed by atoms with Crippen LogP contribution >= 0.6 is 0 Å². The number of ether oxygens (including phenoxy) is 3. The Morgan fingerprint density at radius 2 is 0.639 bits per heavy atom. The molecule has 0 aliphatic carbocycles. The van der Waals surface area contributed by atoms with Crippen molar-refractivity contribution in [3.05, 3.63) is 0 Å². The molecule has 0 aromatic carbocycles. The third-order valence-corrected chi connectivity index (χ3v) is 20.0. The molecule has 0 saturated carbocycles. The van der Waals surface area contributed by atoms with Gasteiger partial charge in [-0.1, -0.05) is 0 Å². The molecule has 0 spiro atoms. The summed E-state index contributed by atoms with van der Waals surface area (Å²) in [5.74, 6) is 0. The summed E-state index contributed by atoms with van der Waals surface area (Å²) in [7, 11) is -8.30. The second-order valence-electron chi connectivity index (χ2n) is 15.6. The Morgan fingerprint density at radius 3 is 0.869 bits per heavy atom. The Hall–Kier alpha value is -2.06. The highest BCUT2D eigenvalue weighted by molar-refractivity contribution is 6.61. The van der Waals surface area contributed by atoms with Gasteiger partial charge in [-0.2, -0.15) is 0 Å². The number of hydrogen-bond donors (Lipinski definition) is 3. The molecule has 3 N–H and O–H groups in total. The number of rotatable bonds is 21. The first-order chi connectivity index (χ1) is 29.8. The third kappa shape index (κ3) is 17.1. The lowest BCUT2D eigenvalue weighted by Gasteiger charge is -2.38. The van der Waals surface area contributed by atoms with E-state index in [0.717, 1.165) is 58.9 Å². The van der Waals surface area contributed by atoms with E-state index < -0.39 is 44.7 Å². The van der Waals surface area contributed by atoms with Crippen LogP contribution in [-0.2, 0) is 54.0 Å². The van der Waals surface area contributed by atoms with Gasteiger partial charge in [0.25, 0.3) is 0 Å². The number of carbonyl (C=O) groups is 3. The standard InChI is InChI=1S/C36H69N7O15Si3/c44-34(37-4-1-31-59-50-22-10-41(11-23-51-59)12-24-52-59)47-19-7-40(8-20-48-35(45)38-5-2-32-60-53-25-13-42(14-26-54-60)15-27-55-60)9-21-49-36(46)39-6-3-33-61-56-28-16-43(17-29-57-61)18-30-58-61/h1-33H2,(H,37,44)(H,38,45)(H,39,46). The van der Waals surface area contributed by atoms with E-state index in [2.05, 4.69) is 30.7 Å². The predicted octanol–water partition coefficient (Wildman–Crippen LogP) is -0.409. The van der Waals surface area contributed by atoms with Crippen molar-refractivity contribution in [2.45, 2.75) is 37.4 Å². The molecule has 0 aromatic heterocycles. The van der Waals surface area contributed by atoms with Crippen LogP contribution in [0.1, 0.15) is 19.3 Å². The minimum atomic E-state index is -2.77. The largest absolute Gasteiger partial charge is 0.501 e. The Bertz CT molecular complexity index is 1110. The van der Waals surface area contributed by atoms with Crippen LogP contribution in [0.4, 0.5) is 14.4 Å². The van der Waals surface area contributed by atoms with Gasteiger partial charge in [0.05, 0.1) is 59.5 Å². The molecule has 0 radical (unpaired) electrons. The van der Waals surface area contributed by atoms with Crippen LogP contribution in [0.15, 0.2) is 0 Å². The maximum atomic E-state index is 12.6. The molecular formula is C36H69N7O15Si3. The minimum absolute atomic E-state index is 0.0700. The van der Waals surface area contributed by atoms with Gasteiger partial charge in [-0.15, -0.1) is 0 Å². The summed E-state index contributed by atoms with van der Waals surface area (Å²) in [5.41, 5.74) is 0. The zero-order valence-electron chi connectivity index (χ0n) is 35.7. The first-order valence-electron chi connectivity index (χ1n) is 22.2. The number of nitrogens with one attached hydrogen (secondary N) is 3. The first-order valence-corrected chi connectivity index (χ1v) is 28.0. The lowest BCUT2D eigenvalue weighted by Crippen LogP contribution is -2.55. The summed E-state index contributed by atoms with van der Waals surface area (Å²) < 4.78 is 71.1. The highest BCUT2D eigenvalue weighted by atomic mass is 28.4. The number of alkyl carbamates (subject to hydrolysis) is 3. The van der Waals surface area contributed by atoms with E-state index in [1.165, 1.54) is 0 Å². The van der Waals surface area contributed by atoms with Crippen LogP contribution in [0.25, 0.3) is 0 Å². The van der Waals surface area contributed by atoms with Crippen molar-refractivity contribution in [1.29, 1.82) is 0 Å². The Labute approximate surface area is 362 Å². The Morgan fingerprint density at radius 1 is 0.410 bits per heavy atom. The van der Waals surface area contributed by atoms with Crippen LogP contribution in [0.3, 0.4) is 0 Å². The van der Waals surface area contributed by atoms with Crippen molar-refractivity contribution in [2.24, 2.45) is 0 Å². The summed E-state index contributed by atoms with van der Waals surface area (Å²) >= 11 is 0. The number of amides is 3. The summed E-state index contributed by atoms with van der Waals surface area (Å²) in [6, 6.07) is 1.83. The van der Waals surface area contributed by atoms with Gasteiger partial charge >= 0.3 is 44.7 Å². The molecule has 0 atom stereocenters. The summed E-state index contributed by atoms with van der Waals surface area (Å²) in [6.45, 7) is 15.4. The van der Waals surface area contributed by atoms with Gasteiger partial charge in [-0.3, -0.25) is 19.6 Å². The van der Waals surface area contributed by atoms with E-state index in [1.807, 2.05) is 4.90 Å². The fraction of sp³-hybridized carbons (Fsp3) is 0.917. The molecule has 0 unspecified atom stereocenters. The van der Waals surface area contributed by atoms with Crippen LogP contribution in [-0.4, -0.2) is 242 Å². The predicted molar refractivity (Wildman–Crippen MR) is 223 cm³/mol. The normalized spacial score (nSPS) is 30.5. The zero-order valence-corrected chi connectivity index (χ0v) is 38.7. The topological polar surface area (TPSA) is 211 Å². The van der Waals surface area contributed by atoms with Crippen molar-refractivity contribution in [3.8, 4) is 0 Å². The molecule has 3 amide bonds. The van der Waals surface area contributed by atoms with Crippen molar-refractivity contribution < 1.29 is 68.4 Å². The second kappa shape index (κ2) is 26.0. The Balaban J connectivity index is 0.873. The van der Waals surface area contributed by atoms with Crippen molar-refractivity contribution in [3.63, 3.8) is 0 Å². The molecule has 350 valence electrons. The zero-order chi connectivity index (χ0) is 42.5. The van der Waals surface area contributed by atoms with E-state index in [9.17, 15) is 14.4 Å². The Kier molecular flexibility index (Phi) is 20.7. The molecule has 22 nitrogen and oxygen atoms in total. The minimum Gasteiger partial charge on any atom is -0.448 e. The maximum absolute atomic E-state index is 12.6. The van der Waals surface area contributed by atoms with E-state index in [0.29, 0.717) is 136 Å². The molecule has 25 heteroatoms. The van der Waals surface area contributed by atoms with Crippen LogP contribution in [0, 0.1) is 0 Å². The quantitative estimate of drug-likeness (QED) is 0.0759. The SMILES string of the molecule is O=C(NCCC[Si]12OCCN(CCO1)CCO2)OCCN(CCOC(=O)NCCC[Si]12OCCN(CCO1)CCO2)CCOC(=O)NCCC[Si]12OCCN(CCO1)CCO2.